The predicted octanol–water partition coefficient (Wildman–Crippen LogP) is 8.18. The van der Waals surface area contributed by atoms with Gasteiger partial charge < -0.3 is 0 Å². The van der Waals surface area contributed by atoms with E-state index in [2.05, 4.69) is 16.7 Å². The summed E-state index contributed by atoms with van der Waals surface area (Å²) in [4.78, 5) is 5.02. The summed E-state index contributed by atoms with van der Waals surface area (Å²) in [6.45, 7) is 3.94. The number of hydrogen-bond acceptors (Lipinski definition) is 2. The number of thioether (sulfide) groups is 1. The van der Waals surface area contributed by atoms with Gasteiger partial charge in [0.1, 0.15) is 11.6 Å². The zero-order chi connectivity index (χ0) is 23.8. The molecule has 1 aromatic heterocycles. The number of hydrogen-bond donors (Lipinski definition) is 0. The predicted molar refractivity (Wildman–Crippen MR) is 135 cm³/mol. The Labute approximate surface area is 208 Å². The Kier molecular flexibility index (Phi) is 6.50. The van der Waals surface area contributed by atoms with Crippen molar-refractivity contribution in [2.75, 3.05) is 0 Å². The lowest BCUT2D eigenvalue weighted by Gasteiger charge is -2.25. The van der Waals surface area contributed by atoms with E-state index in [1.165, 1.54) is 35.5 Å². The topological polar surface area (TPSA) is 17.8 Å². The van der Waals surface area contributed by atoms with E-state index in [9.17, 15) is 8.78 Å². The van der Waals surface area contributed by atoms with Crippen LogP contribution in [0.1, 0.15) is 52.4 Å². The highest BCUT2D eigenvalue weighted by atomic mass is 35.5. The molecule has 0 radical (unpaired) electrons. The van der Waals surface area contributed by atoms with Crippen LogP contribution in [0.25, 0.3) is 5.69 Å². The minimum atomic E-state index is -0.279. The van der Waals surface area contributed by atoms with Crippen LogP contribution in [0.4, 0.5) is 8.78 Å². The second kappa shape index (κ2) is 9.55. The number of aryl methyl sites for hydroxylation is 3. The third-order valence-corrected chi connectivity index (χ3v) is 7.95. The maximum Gasteiger partial charge on any atom is 0.173 e. The Bertz CT molecular complexity index is 1330. The quantitative estimate of drug-likeness (QED) is 0.260. The molecule has 2 nitrogen and oxygen atoms in total. The van der Waals surface area contributed by atoms with E-state index in [-0.39, 0.29) is 17.6 Å². The van der Waals surface area contributed by atoms with E-state index in [1.807, 2.05) is 26.0 Å². The molecule has 1 unspecified atom stereocenters. The van der Waals surface area contributed by atoms with Gasteiger partial charge in [-0.05, 0) is 86.2 Å². The monoisotopic (exact) mass is 494 g/mol. The lowest BCUT2D eigenvalue weighted by Crippen LogP contribution is -2.15. The first-order valence-corrected chi connectivity index (χ1v) is 12.8. The molecule has 0 amide bonds. The number of imidazole rings is 1. The molecule has 6 heteroatoms. The zero-order valence-corrected chi connectivity index (χ0v) is 20.7. The molecule has 0 spiro atoms. The first-order valence-electron chi connectivity index (χ1n) is 11.4. The summed E-state index contributed by atoms with van der Waals surface area (Å²) in [6, 6.07) is 17.9. The van der Waals surface area contributed by atoms with E-state index in [1.54, 1.807) is 18.2 Å². The van der Waals surface area contributed by atoms with Gasteiger partial charge in [-0.15, -0.1) is 0 Å². The highest BCUT2D eigenvalue weighted by Gasteiger charge is 2.30. The summed E-state index contributed by atoms with van der Waals surface area (Å²) in [7, 11) is 0. The van der Waals surface area contributed by atoms with E-state index in [0.29, 0.717) is 11.3 Å². The second-order valence-electron chi connectivity index (χ2n) is 8.82. The van der Waals surface area contributed by atoms with E-state index >= 15 is 0 Å². The average molecular weight is 495 g/mol. The van der Waals surface area contributed by atoms with Crippen molar-refractivity contribution in [2.24, 2.45) is 0 Å². The summed E-state index contributed by atoms with van der Waals surface area (Å²) in [6.07, 6.45) is 2.92. The van der Waals surface area contributed by atoms with Crippen molar-refractivity contribution in [1.29, 1.82) is 0 Å². The fourth-order valence-electron chi connectivity index (χ4n) is 4.74. The maximum absolute atomic E-state index is 14.5. The van der Waals surface area contributed by atoms with Gasteiger partial charge in [-0.25, -0.2) is 13.8 Å². The molecule has 1 aliphatic carbocycles. The third kappa shape index (κ3) is 4.39. The molecule has 0 saturated heterocycles. The van der Waals surface area contributed by atoms with Gasteiger partial charge in [0.15, 0.2) is 5.16 Å². The number of halogens is 3. The van der Waals surface area contributed by atoms with Crippen molar-refractivity contribution in [3.05, 3.63) is 111 Å². The molecule has 34 heavy (non-hydrogen) atoms. The van der Waals surface area contributed by atoms with Gasteiger partial charge in [-0.2, -0.15) is 0 Å². The van der Waals surface area contributed by atoms with E-state index in [4.69, 9.17) is 16.6 Å². The fraction of sp³-hybridized carbons (Fsp3) is 0.250. The van der Waals surface area contributed by atoms with Crippen molar-refractivity contribution in [2.45, 2.75) is 49.9 Å². The zero-order valence-electron chi connectivity index (χ0n) is 19.1. The smallest absolute Gasteiger partial charge is 0.173 e. The van der Waals surface area contributed by atoms with E-state index < -0.39 is 0 Å². The van der Waals surface area contributed by atoms with Crippen LogP contribution in [0, 0.1) is 25.5 Å². The number of benzene rings is 3. The molecule has 0 aliphatic heterocycles. The first-order chi connectivity index (χ1) is 16.4. The lowest BCUT2D eigenvalue weighted by atomic mass is 9.83. The van der Waals surface area contributed by atoms with Crippen molar-refractivity contribution in [3.63, 3.8) is 0 Å². The van der Waals surface area contributed by atoms with Crippen molar-refractivity contribution in [1.82, 2.24) is 9.55 Å². The van der Waals surface area contributed by atoms with Crippen molar-refractivity contribution in [3.8, 4) is 5.69 Å². The largest absolute Gasteiger partial charge is 0.291 e. The van der Waals surface area contributed by atoms with E-state index in [0.717, 1.165) is 57.6 Å². The van der Waals surface area contributed by atoms with Gasteiger partial charge in [-0.1, -0.05) is 47.6 Å². The number of fused-ring (bicyclic) bond motifs is 1. The first kappa shape index (κ1) is 23.1. The molecule has 0 bridgehead atoms. The van der Waals surface area contributed by atoms with Crippen LogP contribution in [-0.2, 0) is 12.2 Å². The molecule has 4 aromatic rings. The average Bonchev–Trinajstić information content (AvgIpc) is 3.19. The van der Waals surface area contributed by atoms with Crippen LogP contribution in [0.15, 0.2) is 65.8 Å². The number of aromatic nitrogens is 2. The minimum absolute atomic E-state index is 0.154. The molecule has 0 N–H and O–H groups in total. The Morgan fingerprint density at radius 2 is 1.82 bits per heavy atom. The summed E-state index contributed by atoms with van der Waals surface area (Å²) in [5.41, 5.74) is 6.90. The minimum Gasteiger partial charge on any atom is -0.291 e. The lowest BCUT2D eigenvalue weighted by molar-refractivity contribution is 0.586. The van der Waals surface area contributed by atoms with Gasteiger partial charge in [0, 0.05) is 27.9 Å². The summed E-state index contributed by atoms with van der Waals surface area (Å²) in [5, 5.41) is 1.56. The fourth-order valence-corrected chi connectivity index (χ4v) is 6.00. The summed E-state index contributed by atoms with van der Waals surface area (Å²) < 4.78 is 30.4. The van der Waals surface area contributed by atoms with Gasteiger partial charge in [0.2, 0.25) is 0 Å². The van der Waals surface area contributed by atoms with Crippen molar-refractivity contribution < 1.29 is 8.78 Å². The highest BCUT2D eigenvalue weighted by Crippen LogP contribution is 2.42. The Balaban J connectivity index is 1.62. The normalized spacial score (nSPS) is 15.4. The molecular formula is C28H25ClF2N2S. The Hall–Kier alpha value is -2.63. The Morgan fingerprint density at radius 1 is 1.03 bits per heavy atom. The maximum atomic E-state index is 14.5. The number of nitrogens with zero attached hydrogens (tertiary/aromatic N) is 2. The summed E-state index contributed by atoms with van der Waals surface area (Å²) in [5.74, 6) is 0.146. The van der Waals surface area contributed by atoms with Gasteiger partial charge >= 0.3 is 0 Å². The van der Waals surface area contributed by atoms with Crippen LogP contribution < -0.4 is 0 Å². The van der Waals surface area contributed by atoms with Crippen molar-refractivity contribution >= 4 is 23.4 Å². The molecule has 174 valence electrons. The molecule has 5 rings (SSSR count). The molecule has 3 aromatic carbocycles. The highest BCUT2D eigenvalue weighted by molar-refractivity contribution is 7.98. The molecule has 1 atom stereocenters. The molecule has 1 heterocycles. The van der Waals surface area contributed by atoms with Crippen LogP contribution in [0.3, 0.4) is 0 Å². The molecule has 0 fully saturated rings. The van der Waals surface area contributed by atoms with Crippen LogP contribution in [0.2, 0.25) is 5.02 Å². The summed E-state index contributed by atoms with van der Waals surface area (Å²) >= 11 is 7.82. The molecule has 1 aliphatic rings. The molecule has 0 saturated carbocycles. The Morgan fingerprint density at radius 3 is 2.56 bits per heavy atom. The third-order valence-electron chi connectivity index (χ3n) is 6.56. The van der Waals surface area contributed by atoms with Crippen LogP contribution >= 0.6 is 23.4 Å². The van der Waals surface area contributed by atoms with Gasteiger partial charge in [0.05, 0.1) is 11.4 Å². The van der Waals surface area contributed by atoms with Crippen LogP contribution in [0.5, 0.6) is 0 Å². The SMILES string of the molecule is Cc1cc(C2CCCc3nc(SCc4c(C)cccc4F)n(-c4ccc(F)cc4)c32)ccc1Cl. The second-order valence-corrected chi connectivity index (χ2v) is 10.2. The molecular weight excluding hydrogens is 470 g/mol. The van der Waals surface area contributed by atoms with Gasteiger partial charge in [-0.3, -0.25) is 4.57 Å². The number of rotatable bonds is 5. The van der Waals surface area contributed by atoms with Crippen LogP contribution in [-0.4, -0.2) is 9.55 Å². The standard InChI is InChI=1S/C28H25ClF2N2S/c1-17-5-3-7-25(31)23(17)16-34-28-32-26-8-4-6-22(19-9-14-24(29)18(2)15-19)27(26)33(28)21-12-10-20(30)11-13-21/h3,5,7,9-15,22H,4,6,8,16H2,1-2H3. The van der Waals surface area contributed by atoms with Gasteiger partial charge in [0.25, 0.3) is 0 Å².